The summed E-state index contributed by atoms with van der Waals surface area (Å²) in [6.07, 6.45) is 4.97. The van der Waals surface area contributed by atoms with E-state index in [-0.39, 0.29) is 30.8 Å². The highest BCUT2D eigenvalue weighted by atomic mass is 35.5. The number of carbonyl (C=O) groups excluding carboxylic acids is 2. The smallest absolute Gasteiger partial charge is 0.254 e. The lowest BCUT2D eigenvalue weighted by molar-refractivity contribution is -0.120. The molecule has 2 saturated heterocycles. The Morgan fingerprint density at radius 2 is 1.65 bits per heavy atom. The van der Waals surface area contributed by atoms with Gasteiger partial charge in [0.05, 0.1) is 18.2 Å². The molecular weight excluding hydrogens is 452 g/mol. The van der Waals surface area contributed by atoms with E-state index in [9.17, 15) is 9.59 Å². The largest absolute Gasteiger partial charge is 0.494 e. The third kappa shape index (κ3) is 6.49. The van der Waals surface area contributed by atoms with Gasteiger partial charge in [-0.15, -0.1) is 12.4 Å². The molecule has 7 nitrogen and oxygen atoms in total. The fourth-order valence-corrected chi connectivity index (χ4v) is 4.37. The number of benzene rings is 2. The minimum atomic E-state index is -0.194. The van der Waals surface area contributed by atoms with Gasteiger partial charge >= 0.3 is 0 Å². The van der Waals surface area contributed by atoms with Crippen molar-refractivity contribution in [3.05, 3.63) is 59.7 Å². The van der Waals surface area contributed by atoms with Gasteiger partial charge in [-0.3, -0.25) is 9.59 Å². The predicted octanol–water partition coefficient (Wildman–Crippen LogP) is 3.72. The maximum atomic E-state index is 12.7. The topological polar surface area (TPSA) is 76.9 Å². The summed E-state index contributed by atoms with van der Waals surface area (Å²) in [6.45, 7) is 5.11. The second kappa shape index (κ2) is 12.4. The van der Waals surface area contributed by atoms with Crippen LogP contribution in [-0.4, -0.2) is 67.5 Å². The number of nitriles is 1. The van der Waals surface area contributed by atoms with Crippen LogP contribution in [0, 0.1) is 11.3 Å². The zero-order valence-corrected chi connectivity index (χ0v) is 20.1. The number of nitrogens with zero attached hydrogens (tertiary/aromatic N) is 4. The van der Waals surface area contributed by atoms with Crippen molar-refractivity contribution in [2.45, 2.75) is 25.7 Å². The molecular formula is C26H31ClN4O3. The van der Waals surface area contributed by atoms with Gasteiger partial charge in [0.2, 0.25) is 5.91 Å². The molecule has 180 valence electrons. The number of amides is 2. The average Bonchev–Trinajstić information content (AvgIpc) is 2.87. The van der Waals surface area contributed by atoms with Crippen LogP contribution in [0.25, 0.3) is 0 Å². The summed E-state index contributed by atoms with van der Waals surface area (Å²) in [6, 6.07) is 16.1. The maximum Gasteiger partial charge on any atom is 0.254 e. The Bertz CT molecular complexity index is 998. The minimum Gasteiger partial charge on any atom is -0.494 e. The maximum absolute atomic E-state index is 12.7. The van der Waals surface area contributed by atoms with Gasteiger partial charge in [-0.05, 0) is 80.9 Å². The molecule has 2 aliphatic rings. The van der Waals surface area contributed by atoms with E-state index in [4.69, 9.17) is 10.00 Å². The zero-order chi connectivity index (χ0) is 23.0. The van der Waals surface area contributed by atoms with Crippen LogP contribution in [0.4, 0.5) is 5.69 Å². The molecule has 2 heterocycles. The van der Waals surface area contributed by atoms with E-state index < -0.39 is 0 Å². The summed E-state index contributed by atoms with van der Waals surface area (Å²) >= 11 is 0. The summed E-state index contributed by atoms with van der Waals surface area (Å²) in [5.74, 6) is 0.499. The molecule has 0 radical (unpaired) electrons. The van der Waals surface area contributed by atoms with Gasteiger partial charge < -0.3 is 19.4 Å². The molecule has 0 aliphatic carbocycles. The number of carbonyl (C=O) groups is 2. The van der Waals surface area contributed by atoms with E-state index in [1.54, 1.807) is 34.1 Å². The van der Waals surface area contributed by atoms with E-state index in [0.717, 1.165) is 24.4 Å². The van der Waals surface area contributed by atoms with Crippen LogP contribution >= 0.6 is 12.4 Å². The third-order valence-corrected chi connectivity index (χ3v) is 6.25. The molecule has 0 saturated carbocycles. The van der Waals surface area contributed by atoms with Crippen molar-refractivity contribution in [2.24, 2.45) is 0 Å². The Morgan fingerprint density at radius 1 is 0.941 bits per heavy atom. The van der Waals surface area contributed by atoms with E-state index in [2.05, 4.69) is 4.90 Å². The number of piperidine rings is 1. The highest BCUT2D eigenvalue weighted by Gasteiger charge is 2.28. The second-order valence-electron chi connectivity index (χ2n) is 8.56. The fraction of sp³-hybridized carbons (Fsp3) is 0.423. The van der Waals surface area contributed by atoms with Crippen molar-refractivity contribution in [3.63, 3.8) is 0 Å². The molecule has 2 aliphatic heterocycles. The normalized spacial score (nSPS) is 16.5. The van der Waals surface area contributed by atoms with E-state index in [1.807, 2.05) is 30.3 Å². The molecule has 0 N–H and O–H groups in total. The number of hydrogen-bond donors (Lipinski definition) is 0. The quantitative estimate of drug-likeness (QED) is 0.562. The van der Waals surface area contributed by atoms with Crippen molar-refractivity contribution in [1.82, 2.24) is 9.80 Å². The monoisotopic (exact) mass is 482 g/mol. The van der Waals surface area contributed by atoms with E-state index >= 15 is 0 Å². The number of ether oxygens (including phenoxy) is 1. The molecule has 2 aromatic carbocycles. The SMILES string of the molecule is Cl.N#Cc1ccc(C(=O)N2CCN(c3ccc(OCCCN4CCCCC4)cc3)C(=O)C2)cc1. The number of hydrogen-bond acceptors (Lipinski definition) is 5. The molecule has 2 amide bonds. The molecule has 0 bridgehead atoms. The highest BCUT2D eigenvalue weighted by molar-refractivity contribution is 6.01. The Morgan fingerprint density at radius 3 is 2.29 bits per heavy atom. The van der Waals surface area contributed by atoms with Crippen LogP contribution in [0.2, 0.25) is 0 Å². The molecule has 4 rings (SSSR count). The van der Waals surface area contributed by atoms with Crippen LogP contribution in [0.15, 0.2) is 48.5 Å². The second-order valence-corrected chi connectivity index (χ2v) is 8.56. The number of piperazine rings is 1. The average molecular weight is 483 g/mol. The fourth-order valence-electron chi connectivity index (χ4n) is 4.37. The number of likely N-dealkylation sites (tertiary alicyclic amines) is 1. The number of rotatable bonds is 7. The molecule has 8 heteroatoms. The summed E-state index contributed by atoms with van der Waals surface area (Å²) in [5, 5.41) is 8.90. The predicted molar refractivity (Wildman–Crippen MR) is 134 cm³/mol. The molecule has 0 aromatic heterocycles. The van der Waals surface area contributed by atoms with Crippen molar-refractivity contribution >= 4 is 29.9 Å². The summed E-state index contributed by atoms with van der Waals surface area (Å²) in [5.41, 5.74) is 1.80. The Hall–Kier alpha value is -3.08. The lowest BCUT2D eigenvalue weighted by Gasteiger charge is -2.34. The zero-order valence-electron chi connectivity index (χ0n) is 19.3. The third-order valence-electron chi connectivity index (χ3n) is 6.25. The first-order valence-corrected chi connectivity index (χ1v) is 11.7. The number of anilines is 1. The van der Waals surface area contributed by atoms with Gasteiger partial charge in [0.25, 0.3) is 5.91 Å². The molecule has 0 unspecified atom stereocenters. The van der Waals surface area contributed by atoms with Crippen LogP contribution in [0.3, 0.4) is 0 Å². The van der Waals surface area contributed by atoms with Gasteiger partial charge in [0.1, 0.15) is 12.3 Å². The first-order valence-electron chi connectivity index (χ1n) is 11.7. The first kappa shape index (κ1) is 25.5. The lowest BCUT2D eigenvalue weighted by atomic mass is 10.1. The molecule has 2 fully saturated rings. The van der Waals surface area contributed by atoms with Crippen molar-refractivity contribution in [1.29, 1.82) is 5.26 Å². The van der Waals surface area contributed by atoms with Crippen molar-refractivity contribution in [3.8, 4) is 11.8 Å². The van der Waals surface area contributed by atoms with Crippen LogP contribution in [-0.2, 0) is 4.79 Å². The van der Waals surface area contributed by atoms with Gasteiger partial charge in [-0.25, -0.2) is 0 Å². The van der Waals surface area contributed by atoms with Gasteiger partial charge in [-0.1, -0.05) is 6.42 Å². The van der Waals surface area contributed by atoms with E-state index in [0.29, 0.717) is 30.8 Å². The summed E-state index contributed by atoms with van der Waals surface area (Å²) in [4.78, 5) is 31.2. The standard InChI is InChI=1S/C26H30N4O3.ClH/c27-19-21-5-7-22(8-6-21)26(32)29-16-17-30(25(31)20-29)23-9-11-24(12-10-23)33-18-4-15-28-13-2-1-3-14-28;/h5-12H,1-4,13-18,20H2;1H. The highest BCUT2D eigenvalue weighted by Crippen LogP contribution is 2.22. The molecule has 0 spiro atoms. The Kier molecular flexibility index (Phi) is 9.32. The first-order chi connectivity index (χ1) is 16.1. The van der Waals surface area contributed by atoms with Crippen molar-refractivity contribution in [2.75, 3.05) is 50.8 Å². The van der Waals surface area contributed by atoms with Crippen LogP contribution in [0.5, 0.6) is 5.75 Å². The minimum absolute atomic E-state index is 0. The molecule has 34 heavy (non-hydrogen) atoms. The van der Waals surface area contributed by atoms with Gasteiger partial charge in [-0.2, -0.15) is 5.26 Å². The van der Waals surface area contributed by atoms with Crippen molar-refractivity contribution < 1.29 is 14.3 Å². The Balaban J connectivity index is 0.00000324. The van der Waals surface area contributed by atoms with E-state index in [1.165, 1.54) is 32.4 Å². The molecule has 2 aromatic rings. The Labute approximate surface area is 207 Å². The van der Waals surface area contributed by atoms with Crippen LogP contribution < -0.4 is 9.64 Å². The van der Waals surface area contributed by atoms with Gasteiger partial charge in [0.15, 0.2) is 0 Å². The lowest BCUT2D eigenvalue weighted by Crippen LogP contribution is -2.52. The summed E-state index contributed by atoms with van der Waals surface area (Å²) in [7, 11) is 0. The van der Waals surface area contributed by atoms with Crippen LogP contribution in [0.1, 0.15) is 41.6 Å². The molecule has 0 atom stereocenters. The summed E-state index contributed by atoms with van der Waals surface area (Å²) < 4.78 is 5.88. The van der Waals surface area contributed by atoms with Gasteiger partial charge in [0, 0.05) is 30.9 Å². The number of halogens is 1.